The van der Waals surface area contributed by atoms with Crippen LogP contribution in [0.1, 0.15) is 41.0 Å². The van der Waals surface area contributed by atoms with Gasteiger partial charge in [-0.3, -0.25) is 4.90 Å². The highest BCUT2D eigenvalue weighted by molar-refractivity contribution is 8.00. The van der Waals surface area contributed by atoms with E-state index in [-0.39, 0.29) is 11.0 Å². The Morgan fingerprint density at radius 2 is 2.00 bits per heavy atom. The number of nitrogens with zero attached hydrogens (tertiary/aromatic N) is 1. The highest BCUT2D eigenvalue weighted by Gasteiger charge is 2.59. The van der Waals surface area contributed by atoms with Gasteiger partial charge in [-0.25, -0.2) is 0 Å². The molecule has 0 aromatic carbocycles. The molecule has 1 saturated carbocycles. The van der Waals surface area contributed by atoms with E-state index in [1.165, 1.54) is 12.3 Å². The van der Waals surface area contributed by atoms with Crippen molar-refractivity contribution < 1.29 is 4.74 Å². The number of thioether (sulfide) groups is 1. The van der Waals surface area contributed by atoms with Crippen molar-refractivity contribution >= 4 is 11.8 Å². The summed E-state index contributed by atoms with van der Waals surface area (Å²) in [6.07, 6.45) is 1.33. The van der Waals surface area contributed by atoms with Crippen molar-refractivity contribution in [3.63, 3.8) is 0 Å². The summed E-state index contributed by atoms with van der Waals surface area (Å²) in [5.74, 6) is 1.22. The van der Waals surface area contributed by atoms with Gasteiger partial charge in [0.05, 0.1) is 6.10 Å². The first-order chi connectivity index (χ1) is 8.70. The Balaban J connectivity index is 1.96. The van der Waals surface area contributed by atoms with Crippen molar-refractivity contribution in [2.24, 2.45) is 11.1 Å². The molecule has 0 spiro atoms. The van der Waals surface area contributed by atoms with E-state index in [0.29, 0.717) is 10.9 Å². The lowest BCUT2D eigenvalue weighted by molar-refractivity contribution is -0.156. The molecule has 19 heavy (non-hydrogen) atoms. The molecule has 2 unspecified atom stereocenters. The summed E-state index contributed by atoms with van der Waals surface area (Å²) < 4.78 is 6.18. The van der Waals surface area contributed by atoms with Crippen LogP contribution in [0.5, 0.6) is 0 Å². The van der Waals surface area contributed by atoms with Crippen molar-refractivity contribution in [2.75, 3.05) is 32.0 Å². The van der Waals surface area contributed by atoms with Crippen LogP contribution in [-0.4, -0.2) is 53.3 Å². The van der Waals surface area contributed by atoms with E-state index in [2.05, 4.69) is 51.3 Å². The molecule has 1 saturated heterocycles. The van der Waals surface area contributed by atoms with Gasteiger partial charge in [0.25, 0.3) is 0 Å². The van der Waals surface area contributed by atoms with Crippen molar-refractivity contribution in [3.05, 3.63) is 0 Å². The molecule has 2 atom stereocenters. The third-order valence-electron chi connectivity index (χ3n) is 5.02. The molecule has 0 aromatic heterocycles. The van der Waals surface area contributed by atoms with Crippen LogP contribution < -0.4 is 5.73 Å². The molecule has 0 aromatic rings. The van der Waals surface area contributed by atoms with E-state index in [4.69, 9.17) is 10.5 Å². The molecule has 0 radical (unpaired) electrons. The van der Waals surface area contributed by atoms with Gasteiger partial charge in [0.1, 0.15) is 0 Å². The van der Waals surface area contributed by atoms with Crippen LogP contribution in [0, 0.1) is 5.41 Å². The van der Waals surface area contributed by atoms with E-state index >= 15 is 0 Å². The first-order valence-corrected chi connectivity index (χ1v) is 8.45. The maximum Gasteiger partial charge on any atom is 0.0662 e. The molecular formula is C15H30N2OS. The average Bonchev–Trinajstić information content (AvgIpc) is 2.27. The van der Waals surface area contributed by atoms with E-state index in [1.54, 1.807) is 0 Å². The summed E-state index contributed by atoms with van der Waals surface area (Å²) in [5.41, 5.74) is 6.68. The Hall–Kier alpha value is 0.230. The monoisotopic (exact) mass is 286 g/mol. The molecule has 2 fully saturated rings. The van der Waals surface area contributed by atoms with E-state index in [0.717, 1.165) is 26.1 Å². The second-order valence-corrected chi connectivity index (χ2v) is 9.15. The lowest BCUT2D eigenvalue weighted by Crippen LogP contribution is -2.74. The van der Waals surface area contributed by atoms with Gasteiger partial charge in [0, 0.05) is 47.7 Å². The maximum absolute atomic E-state index is 6.69. The highest BCUT2D eigenvalue weighted by atomic mass is 32.2. The van der Waals surface area contributed by atoms with Gasteiger partial charge in [-0.1, -0.05) is 13.8 Å². The zero-order valence-corrected chi connectivity index (χ0v) is 14.0. The molecule has 112 valence electrons. The summed E-state index contributed by atoms with van der Waals surface area (Å²) in [7, 11) is 0. The summed E-state index contributed by atoms with van der Waals surface area (Å²) in [6, 6.07) is 0. The average molecular weight is 286 g/mol. The number of hydrogen-bond donors (Lipinski definition) is 1. The van der Waals surface area contributed by atoms with Crippen molar-refractivity contribution in [1.82, 2.24) is 4.90 Å². The van der Waals surface area contributed by atoms with Crippen LogP contribution in [0.25, 0.3) is 0 Å². The molecule has 1 aliphatic heterocycles. The zero-order chi connectivity index (χ0) is 14.3. The minimum Gasteiger partial charge on any atom is -0.378 e. The number of nitrogens with two attached hydrogens (primary N) is 1. The van der Waals surface area contributed by atoms with Gasteiger partial charge in [0.15, 0.2) is 0 Å². The Morgan fingerprint density at radius 3 is 2.53 bits per heavy atom. The topological polar surface area (TPSA) is 38.5 Å². The molecule has 2 rings (SSSR count). The van der Waals surface area contributed by atoms with Gasteiger partial charge in [-0.15, -0.1) is 0 Å². The Morgan fingerprint density at radius 1 is 1.32 bits per heavy atom. The third-order valence-corrected chi connectivity index (χ3v) is 6.31. The maximum atomic E-state index is 6.69. The molecule has 0 amide bonds. The van der Waals surface area contributed by atoms with Crippen molar-refractivity contribution in [2.45, 2.75) is 57.4 Å². The molecular weight excluding hydrogens is 256 g/mol. The van der Waals surface area contributed by atoms with Gasteiger partial charge in [0.2, 0.25) is 0 Å². The lowest BCUT2D eigenvalue weighted by atomic mass is 9.54. The Kier molecular flexibility index (Phi) is 4.28. The summed E-state index contributed by atoms with van der Waals surface area (Å²) in [5, 5.41) is 0. The fourth-order valence-corrected chi connectivity index (χ4v) is 4.60. The molecule has 1 heterocycles. The number of rotatable bonds is 4. The molecule has 4 heteroatoms. The van der Waals surface area contributed by atoms with Gasteiger partial charge >= 0.3 is 0 Å². The van der Waals surface area contributed by atoms with Gasteiger partial charge < -0.3 is 10.5 Å². The van der Waals surface area contributed by atoms with Gasteiger partial charge in [-0.2, -0.15) is 11.8 Å². The Labute approximate surface area is 122 Å². The lowest BCUT2D eigenvalue weighted by Gasteiger charge is -2.61. The molecule has 3 nitrogen and oxygen atoms in total. The number of ether oxygens (including phenoxy) is 1. The van der Waals surface area contributed by atoms with Crippen LogP contribution in [0.15, 0.2) is 0 Å². The van der Waals surface area contributed by atoms with E-state index < -0.39 is 0 Å². The fraction of sp³-hybridized carbons (Fsp3) is 1.00. The fourth-order valence-electron chi connectivity index (χ4n) is 3.42. The van der Waals surface area contributed by atoms with E-state index in [1.807, 2.05) is 0 Å². The van der Waals surface area contributed by atoms with Gasteiger partial charge in [-0.05, 0) is 27.2 Å². The van der Waals surface area contributed by atoms with Crippen LogP contribution in [0.4, 0.5) is 0 Å². The molecule has 1 aliphatic carbocycles. The van der Waals surface area contributed by atoms with Crippen molar-refractivity contribution in [3.8, 4) is 0 Å². The SMILES string of the molecule is CCOC1CC(N)(CN2CCSC(C)(C)C2)C1(C)C. The largest absolute Gasteiger partial charge is 0.378 e. The minimum absolute atomic E-state index is 0.0811. The smallest absolute Gasteiger partial charge is 0.0662 e. The zero-order valence-electron chi connectivity index (χ0n) is 13.2. The molecule has 2 aliphatic rings. The van der Waals surface area contributed by atoms with Crippen LogP contribution >= 0.6 is 11.8 Å². The third kappa shape index (κ3) is 2.97. The predicted molar refractivity (Wildman–Crippen MR) is 83.7 cm³/mol. The van der Waals surface area contributed by atoms with Crippen LogP contribution in [-0.2, 0) is 4.74 Å². The Bertz CT molecular complexity index is 332. The highest BCUT2D eigenvalue weighted by Crippen LogP contribution is 2.50. The minimum atomic E-state index is -0.0923. The molecule has 0 bridgehead atoms. The summed E-state index contributed by atoms with van der Waals surface area (Å²) in [6.45, 7) is 15.4. The second kappa shape index (κ2) is 5.21. The van der Waals surface area contributed by atoms with E-state index in [9.17, 15) is 0 Å². The standard InChI is InChI=1S/C15H30N2OS/c1-6-18-12-9-15(16,14(12,4)5)11-17-7-8-19-13(2,3)10-17/h12H,6-11,16H2,1-5H3. The first kappa shape index (κ1) is 15.6. The summed E-state index contributed by atoms with van der Waals surface area (Å²) >= 11 is 2.08. The second-order valence-electron chi connectivity index (χ2n) is 7.34. The normalized spacial score (nSPS) is 37.9. The molecule has 2 N–H and O–H groups in total. The van der Waals surface area contributed by atoms with Crippen LogP contribution in [0.3, 0.4) is 0 Å². The van der Waals surface area contributed by atoms with Crippen LogP contribution in [0.2, 0.25) is 0 Å². The number of hydrogen-bond acceptors (Lipinski definition) is 4. The predicted octanol–water partition coefficient (Wildman–Crippen LogP) is 2.35. The summed E-state index contributed by atoms with van der Waals surface area (Å²) in [4.78, 5) is 2.56. The van der Waals surface area contributed by atoms with Crippen molar-refractivity contribution in [1.29, 1.82) is 0 Å². The first-order valence-electron chi connectivity index (χ1n) is 7.47. The quantitative estimate of drug-likeness (QED) is 0.861.